The van der Waals surface area contributed by atoms with Gasteiger partial charge in [0.2, 0.25) is 0 Å². The summed E-state index contributed by atoms with van der Waals surface area (Å²) in [4.78, 5) is 20.9. The molecule has 1 amide bonds. The van der Waals surface area contributed by atoms with Gasteiger partial charge < -0.3 is 29.7 Å². The van der Waals surface area contributed by atoms with Crippen LogP contribution in [0.25, 0.3) is 5.65 Å². The van der Waals surface area contributed by atoms with E-state index in [9.17, 15) is 9.90 Å². The zero-order chi connectivity index (χ0) is 23.2. The number of likely N-dealkylation sites (N-methyl/N-ethyl adjacent to an activating group) is 1. The summed E-state index contributed by atoms with van der Waals surface area (Å²) in [5, 5.41) is 18.6. The van der Waals surface area contributed by atoms with Crippen LogP contribution in [0.4, 0.5) is 11.4 Å². The van der Waals surface area contributed by atoms with Gasteiger partial charge in [-0.05, 0) is 19.1 Å². The molecule has 2 aliphatic rings. The number of amides is 1. The number of hydrogen-bond donors (Lipinski definition) is 2. The Kier molecular flexibility index (Phi) is 5.34. The predicted octanol–water partition coefficient (Wildman–Crippen LogP) is 1.45. The molecule has 174 valence electrons. The molecule has 10 heteroatoms. The van der Waals surface area contributed by atoms with Crippen LogP contribution in [0.2, 0.25) is 0 Å². The normalized spacial score (nSPS) is 20.9. The van der Waals surface area contributed by atoms with Crippen LogP contribution in [0.15, 0.2) is 36.8 Å². The van der Waals surface area contributed by atoms with E-state index in [1.165, 1.54) is 0 Å². The smallest absolute Gasteiger partial charge is 0.266 e. The maximum atomic E-state index is 12.8. The van der Waals surface area contributed by atoms with Crippen molar-refractivity contribution in [3.63, 3.8) is 0 Å². The Bertz CT molecular complexity index is 1190. The molecule has 0 spiro atoms. The van der Waals surface area contributed by atoms with Crippen LogP contribution in [0.3, 0.4) is 0 Å². The zero-order valence-electron chi connectivity index (χ0n) is 19.0. The largest absolute Gasteiger partial charge is 0.477 e. The Morgan fingerprint density at radius 2 is 2.09 bits per heavy atom. The molecule has 3 aromatic rings. The van der Waals surface area contributed by atoms with Crippen molar-refractivity contribution in [1.29, 1.82) is 0 Å². The average Bonchev–Trinajstić information content (AvgIpc) is 3.39. The van der Waals surface area contributed by atoms with Gasteiger partial charge in [-0.1, -0.05) is 0 Å². The number of nitrogens with one attached hydrogen (secondary N) is 1. The topological polar surface area (TPSA) is 104 Å². The Balaban J connectivity index is 1.50. The summed E-state index contributed by atoms with van der Waals surface area (Å²) in [5.74, 6) is 0.602. The Hall–Kier alpha value is -3.37. The van der Waals surface area contributed by atoms with Crippen LogP contribution in [-0.2, 0) is 16.0 Å². The van der Waals surface area contributed by atoms with Gasteiger partial charge in [-0.3, -0.25) is 4.79 Å². The number of aliphatic hydroxyl groups is 1. The highest BCUT2D eigenvalue weighted by molar-refractivity contribution is 5.87. The van der Waals surface area contributed by atoms with E-state index in [2.05, 4.69) is 20.3 Å². The van der Waals surface area contributed by atoms with Crippen LogP contribution >= 0.6 is 0 Å². The van der Waals surface area contributed by atoms with Crippen molar-refractivity contribution in [2.75, 3.05) is 50.6 Å². The number of nitrogens with zero attached hydrogens (tertiary/aromatic N) is 5. The lowest BCUT2D eigenvalue weighted by Gasteiger charge is -2.31. The predicted molar refractivity (Wildman–Crippen MR) is 122 cm³/mol. The minimum absolute atomic E-state index is 0.0846. The van der Waals surface area contributed by atoms with E-state index in [4.69, 9.17) is 9.47 Å². The third-order valence-electron chi connectivity index (χ3n) is 6.15. The molecule has 2 aromatic heterocycles. The molecule has 4 heterocycles. The zero-order valence-corrected chi connectivity index (χ0v) is 19.0. The monoisotopic (exact) mass is 452 g/mol. The molecule has 0 radical (unpaired) electrons. The number of morpholine rings is 1. The highest BCUT2D eigenvalue weighted by Crippen LogP contribution is 2.43. The fourth-order valence-electron chi connectivity index (χ4n) is 4.53. The number of aromatic nitrogens is 3. The molecule has 2 unspecified atom stereocenters. The first-order valence-corrected chi connectivity index (χ1v) is 11.0. The third-order valence-corrected chi connectivity index (χ3v) is 6.15. The quantitative estimate of drug-likeness (QED) is 0.561. The van der Waals surface area contributed by atoms with E-state index < -0.39 is 11.8 Å². The third kappa shape index (κ3) is 3.85. The summed E-state index contributed by atoms with van der Waals surface area (Å²) < 4.78 is 13.3. The number of hydrogen-bond acceptors (Lipinski definition) is 8. The molecule has 33 heavy (non-hydrogen) atoms. The van der Waals surface area contributed by atoms with Crippen LogP contribution in [0, 0.1) is 0 Å². The van der Waals surface area contributed by atoms with E-state index in [0.29, 0.717) is 36.6 Å². The maximum absolute atomic E-state index is 12.8. The summed E-state index contributed by atoms with van der Waals surface area (Å²) >= 11 is 0. The summed E-state index contributed by atoms with van der Waals surface area (Å²) in [5.41, 5.74) is 2.76. The first-order chi connectivity index (χ1) is 15.9. The Morgan fingerprint density at radius 1 is 1.30 bits per heavy atom. The van der Waals surface area contributed by atoms with Gasteiger partial charge in [0.25, 0.3) is 5.91 Å². The number of carbonyl (C=O) groups excluding carboxylic acids is 1. The molecule has 1 saturated heterocycles. The Morgan fingerprint density at radius 3 is 2.85 bits per heavy atom. The number of rotatable bonds is 5. The second-order valence-electron chi connectivity index (χ2n) is 8.82. The van der Waals surface area contributed by atoms with Crippen LogP contribution in [0.5, 0.6) is 5.75 Å². The fourth-order valence-corrected chi connectivity index (χ4v) is 4.53. The molecule has 0 aliphatic carbocycles. The lowest BCUT2D eigenvalue weighted by Crippen LogP contribution is -2.47. The summed E-state index contributed by atoms with van der Waals surface area (Å²) in [6, 6.07) is 5.71. The highest BCUT2D eigenvalue weighted by atomic mass is 16.5. The summed E-state index contributed by atoms with van der Waals surface area (Å²) in [6.07, 6.45) is 4.49. The van der Waals surface area contributed by atoms with Crippen LogP contribution < -0.4 is 15.0 Å². The van der Waals surface area contributed by atoms with Crippen molar-refractivity contribution in [3.05, 3.63) is 47.9 Å². The molecule has 0 bridgehead atoms. The van der Waals surface area contributed by atoms with E-state index >= 15 is 0 Å². The average molecular weight is 453 g/mol. The van der Waals surface area contributed by atoms with Gasteiger partial charge in [0.1, 0.15) is 5.75 Å². The molecular formula is C23H28N6O4. The van der Waals surface area contributed by atoms with Gasteiger partial charge in [0.05, 0.1) is 36.3 Å². The number of carbonyl (C=O) groups is 1. The first kappa shape index (κ1) is 21.5. The molecule has 10 nitrogen and oxygen atoms in total. The van der Waals surface area contributed by atoms with Gasteiger partial charge in [-0.2, -0.15) is 5.10 Å². The fraction of sp³-hybridized carbons (Fsp3) is 0.435. The van der Waals surface area contributed by atoms with Crippen molar-refractivity contribution in [1.82, 2.24) is 19.5 Å². The second-order valence-corrected chi connectivity index (χ2v) is 8.82. The van der Waals surface area contributed by atoms with E-state index in [-0.39, 0.29) is 5.91 Å². The molecular weight excluding hydrogens is 424 g/mol. The highest BCUT2D eigenvalue weighted by Gasteiger charge is 2.43. The second kappa shape index (κ2) is 8.20. The van der Waals surface area contributed by atoms with Gasteiger partial charge in [-0.25, -0.2) is 9.50 Å². The molecule has 2 atom stereocenters. The van der Waals surface area contributed by atoms with E-state index in [0.717, 1.165) is 30.0 Å². The minimum Gasteiger partial charge on any atom is -0.477 e. The number of aliphatic hydroxyl groups excluding tert-OH is 1. The van der Waals surface area contributed by atoms with Crippen molar-refractivity contribution in [2.24, 2.45) is 0 Å². The van der Waals surface area contributed by atoms with Gasteiger partial charge in [0.15, 0.2) is 17.5 Å². The molecule has 5 rings (SSSR count). The summed E-state index contributed by atoms with van der Waals surface area (Å²) in [7, 11) is 3.46. The lowest BCUT2D eigenvalue weighted by molar-refractivity contribution is -0.142. The van der Waals surface area contributed by atoms with Crippen LogP contribution in [-0.4, -0.2) is 76.5 Å². The number of benzene rings is 1. The first-order valence-electron chi connectivity index (χ1n) is 11.0. The molecule has 2 aliphatic heterocycles. The molecule has 0 saturated carbocycles. The number of anilines is 2. The SMILES string of the molecule is CN(C)C(=O)C1(C)Cc2cc(NC(O)c3cnn4cccnc34)c(N3CCOCC3)cc2O1. The van der Waals surface area contributed by atoms with Crippen molar-refractivity contribution in [2.45, 2.75) is 25.2 Å². The van der Waals surface area contributed by atoms with Gasteiger partial charge in [0, 0.05) is 57.6 Å². The van der Waals surface area contributed by atoms with Gasteiger partial charge >= 0.3 is 0 Å². The molecule has 2 N–H and O–H groups in total. The number of fused-ring (bicyclic) bond motifs is 2. The molecule has 1 aromatic carbocycles. The number of ether oxygens (including phenoxy) is 2. The lowest BCUT2D eigenvalue weighted by atomic mass is 9.97. The van der Waals surface area contributed by atoms with E-state index in [1.54, 1.807) is 48.2 Å². The van der Waals surface area contributed by atoms with Crippen molar-refractivity contribution < 1.29 is 19.4 Å². The van der Waals surface area contributed by atoms with E-state index in [1.807, 2.05) is 19.1 Å². The van der Waals surface area contributed by atoms with Gasteiger partial charge in [-0.15, -0.1) is 0 Å². The van der Waals surface area contributed by atoms with Crippen molar-refractivity contribution >= 4 is 22.9 Å². The standard InChI is InChI=1S/C23H28N6O4/c1-23(22(31)27(2)3)13-15-11-17(18(12-19(15)33-23)28-7-9-32-10-8-28)26-21(30)16-14-25-29-6-4-5-24-20(16)29/h4-6,11-12,14,21,26,30H,7-10,13H2,1-3H3. The molecule has 1 fully saturated rings. The van der Waals surface area contributed by atoms with Crippen LogP contribution in [0.1, 0.15) is 24.3 Å². The minimum atomic E-state index is -1.02. The Labute approximate surface area is 191 Å². The maximum Gasteiger partial charge on any atom is 0.266 e. The van der Waals surface area contributed by atoms with Crippen molar-refractivity contribution in [3.8, 4) is 5.75 Å². The summed E-state index contributed by atoms with van der Waals surface area (Å²) in [6.45, 7) is 4.49.